The number of halogens is 1. The molecule has 0 fully saturated rings. The molecule has 0 radical (unpaired) electrons. The van der Waals surface area contributed by atoms with Crippen LogP contribution in [0.3, 0.4) is 0 Å². The van der Waals surface area contributed by atoms with Crippen LogP contribution in [-0.4, -0.2) is 9.97 Å². The van der Waals surface area contributed by atoms with E-state index in [1.807, 2.05) is 0 Å². The van der Waals surface area contributed by atoms with E-state index in [1.54, 1.807) is 0 Å². The molecule has 20 heavy (non-hydrogen) atoms. The lowest BCUT2D eigenvalue weighted by Crippen LogP contribution is -2.00. The van der Waals surface area contributed by atoms with Crippen LogP contribution in [0, 0.1) is 0 Å². The SMILES string of the molecule is CC(C)c1ccc(-c2ncnc(N)c2Cl)c(C(C)C)c1. The van der Waals surface area contributed by atoms with E-state index in [0.29, 0.717) is 28.4 Å². The minimum Gasteiger partial charge on any atom is -0.382 e. The summed E-state index contributed by atoms with van der Waals surface area (Å²) in [5, 5.41) is 0.423. The normalized spacial score (nSPS) is 11.3. The van der Waals surface area contributed by atoms with Crippen molar-refractivity contribution in [3.8, 4) is 11.3 Å². The first-order valence-corrected chi connectivity index (χ1v) is 7.19. The van der Waals surface area contributed by atoms with E-state index in [1.165, 1.54) is 17.5 Å². The third kappa shape index (κ3) is 2.78. The molecular weight excluding hydrogens is 270 g/mol. The largest absolute Gasteiger partial charge is 0.382 e. The van der Waals surface area contributed by atoms with Gasteiger partial charge in [-0.3, -0.25) is 0 Å². The standard InChI is InChI=1S/C16H20ClN3/c1-9(2)11-5-6-12(13(7-11)10(3)4)15-14(17)16(18)20-8-19-15/h5-10H,1-4H3,(H2,18,19,20). The summed E-state index contributed by atoms with van der Waals surface area (Å²) in [6.45, 7) is 8.71. The fourth-order valence-electron chi connectivity index (χ4n) is 2.20. The van der Waals surface area contributed by atoms with Gasteiger partial charge in [0.2, 0.25) is 0 Å². The van der Waals surface area contributed by atoms with Crippen molar-refractivity contribution in [2.24, 2.45) is 0 Å². The molecule has 4 heteroatoms. The summed E-state index contributed by atoms with van der Waals surface area (Å²) in [5.74, 6) is 1.20. The van der Waals surface area contributed by atoms with Crippen LogP contribution in [0.5, 0.6) is 0 Å². The number of rotatable bonds is 3. The number of hydrogen-bond acceptors (Lipinski definition) is 3. The molecular formula is C16H20ClN3. The van der Waals surface area contributed by atoms with Crippen LogP contribution in [0.4, 0.5) is 5.82 Å². The summed E-state index contributed by atoms with van der Waals surface area (Å²) < 4.78 is 0. The van der Waals surface area contributed by atoms with Gasteiger partial charge >= 0.3 is 0 Å². The molecule has 1 aromatic heterocycles. The van der Waals surface area contributed by atoms with Gasteiger partial charge in [0.25, 0.3) is 0 Å². The Kier molecular flexibility index (Phi) is 4.29. The zero-order valence-electron chi connectivity index (χ0n) is 12.3. The Morgan fingerprint density at radius 1 is 1.05 bits per heavy atom. The zero-order chi connectivity index (χ0) is 14.9. The average Bonchev–Trinajstić information content (AvgIpc) is 2.41. The van der Waals surface area contributed by atoms with Gasteiger partial charge in [-0.25, -0.2) is 9.97 Å². The number of nitrogens with zero attached hydrogens (tertiary/aromatic N) is 2. The van der Waals surface area contributed by atoms with Gasteiger partial charge in [0.1, 0.15) is 17.2 Å². The molecule has 2 N–H and O–H groups in total. The summed E-state index contributed by atoms with van der Waals surface area (Å²) in [5.41, 5.74) is 10.1. The van der Waals surface area contributed by atoms with E-state index < -0.39 is 0 Å². The van der Waals surface area contributed by atoms with E-state index in [9.17, 15) is 0 Å². The summed E-state index contributed by atoms with van der Waals surface area (Å²) in [6.07, 6.45) is 1.46. The van der Waals surface area contributed by atoms with Crippen LogP contribution in [0.15, 0.2) is 24.5 Å². The Balaban J connectivity index is 2.64. The molecule has 1 aromatic carbocycles. The van der Waals surface area contributed by atoms with Crippen LogP contribution in [0.25, 0.3) is 11.3 Å². The fraction of sp³-hybridized carbons (Fsp3) is 0.375. The van der Waals surface area contributed by atoms with Crippen molar-refractivity contribution < 1.29 is 0 Å². The Hall–Kier alpha value is -1.61. The van der Waals surface area contributed by atoms with Gasteiger partial charge in [-0.1, -0.05) is 57.5 Å². The van der Waals surface area contributed by atoms with Crippen molar-refractivity contribution in [1.29, 1.82) is 0 Å². The van der Waals surface area contributed by atoms with Crippen molar-refractivity contribution >= 4 is 17.4 Å². The van der Waals surface area contributed by atoms with Crippen molar-refractivity contribution in [2.75, 3.05) is 5.73 Å². The second-order valence-corrected chi connectivity index (χ2v) is 5.96. The Bertz CT molecular complexity index is 621. The van der Waals surface area contributed by atoms with Crippen LogP contribution in [0.1, 0.15) is 50.7 Å². The quantitative estimate of drug-likeness (QED) is 0.896. The van der Waals surface area contributed by atoms with Crippen LogP contribution in [-0.2, 0) is 0 Å². The summed E-state index contributed by atoms with van der Waals surface area (Å²) in [6, 6.07) is 6.44. The average molecular weight is 290 g/mol. The molecule has 1 heterocycles. The van der Waals surface area contributed by atoms with E-state index >= 15 is 0 Å². The number of nitrogens with two attached hydrogens (primary N) is 1. The van der Waals surface area contributed by atoms with Crippen molar-refractivity contribution in [2.45, 2.75) is 39.5 Å². The molecule has 106 valence electrons. The summed E-state index contributed by atoms with van der Waals surface area (Å²) in [4.78, 5) is 8.22. The second kappa shape index (κ2) is 5.80. The molecule has 0 saturated heterocycles. The molecule has 0 unspecified atom stereocenters. The topological polar surface area (TPSA) is 51.8 Å². The molecule has 3 nitrogen and oxygen atoms in total. The molecule has 0 spiro atoms. The first kappa shape index (κ1) is 14.8. The lowest BCUT2D eigenvalue weighted by atomic mass is 9.90. The molecule has 0 saturated carbocycles. The minimum absolute atomic E-state index is 0.319. The van der Waals surface area contributed by atoms with Gasteiger partial charge < -0.3 is 5.73 Å². The Labute approximate surface area is 125 Å². The minimum atomic E-state index is 0.319. The summed E-state index contributed by atoms with van der Waals surface area (Å²) >= 11 is 6.26. The first-order valence-electron chi connectivity index (χ1n) is 6.82. The maximum atomic E-state index is 6.26. The third-order valence-electron chi connectivity index (χ3n) is 3.44. The Morgan fingerprint density at radius 3 is 2.35 bits per heavy atom. The molecule has 0 aliphatic rings. The fourth-order valence-corrected chi connectivity index (χ4v) is 2.40. The third-order valence-corrected chi connectivity index (χ3v) is 3.81. The zero-order valence-corrected chi connectivity index (χ0v) is 13.1. The predicted molar refractivity (Wildman–Crippen MR) is 85.1 cm³/mol. The highest BCUT2D eigenvalue weighted by Crippen LogP contribution is 2.35. The highest BCUT2D eigenvalue weighted by molar-refractivity contribution is 6.35. The van der Waals surface area contributed by atoms with Crippen molar-refractivity contribution in [3.05, 3.63) is 40.7 Å². The maximum absolute atomic E-state index is 6.26. The maximum Gasteiger partial charge on any atom is 0.146 e. The van der Waals surface area contributed by atoms with Gasteiger partial charge in [-0.05, 0) is 23.0 Å². The molecule has 2 rings (SSSR count). The Morgan fingerprint density at radius 2 is 1.75 bits per heavy atom. The van der Waals surface area contributed by atoms with Crippen LogP contribution in [0.2, 0.25) is 5.02 Å². The predicted octanol–water partition coefficient (Wildman–Crippen LogP) is 4.63. The van der Waals surface area contributed by atoms with E-state index in [-0.39, 0.29) is 0 Å². The van der Waals surface area contributed by atoms with Gasteiger partial charge in [0.15, 0.2) is 0 Å². The smallest absolute Gasteiger partial charge is 0.146 e. The van der Waals surface area contributed by atoms with Crippen molar-refractivity contribution in [3.63, 3.8) is 0 Å². The number of benzene rings is 1. The number of hydrogen-bond donors (Lipinski definition) is 1. The lowest BCUT2D eigenvalue weighted by molar-refractivity contribution is 0.835. The first-order chi connectivity index (χ1) is 9.41. The molecule has 0 bridgehead atoms. The lowest BCUT2D eigenvalue weighted by Gasteiger charge is -2.17. The van der Waals surface area contributed by atoms with E-state index in [0.717, 1.165) is 5.56 Å². The number of nitrogen functional groups attached to an aromatic ring is 1. The molecule has 2 aromatic rings. The monoisotopic (exact) mass is 289 g/mol. The number of anilines is 1. The summed E-state index contributed by atoms with van der Waals surface area (Å²) in [7, 11) is 0. The molecule has 0 atom stereocenters. The molecule has 0 aliphatic heterocycles. The molecule has 0 aliphatic carbocycles. The van der Waals surface area contributed by atoms with Crippen molar-refractivity contribution in [1.82, 2.24) is 9.97 Å². The highest BCUT2D eigenvalue weighted by Gasteiger charge is 2.16. The van der Waals surface area contributed by atoms with E-state index in [2.05, 4.69) is 55.9 Å². The highest BCUT2D eigenvalue weighted by atomic mass is 35.5. The van der Waals surface area contributed by atoms with Gasteiger partial charge in [-0.15, -0.1) is 0 Å². The van der Waals surface area contributed by atoms with Gasteiger partial charge in [0, 0.05) is 5.56 Å². The molecule has 0 amide bonds. The van der Waals surface area contributed by atoms with Gasteiger partial charge in [0.05, 0.1) is 5.69 Å². The van der Waals surface area contributed by atoms with Crippen LogP contribution >= 0.6 is 11.6 Å². The second-order valence-electron chi connectivity index (χ2n) is 5.58. The van der Waals surface area contributed by atoms with Crippen LogP contribution < -0.4 is 5.73 Å². The van der Waals surface area contributed by atoms with Gasteiger partial charge in [-0.2, -0.15) is 0 Å². The van der Waals surface area contributed by atoms with E-state index in [4.69, 9.17) is 17.3 Å². The number of aromatic nitrogens is 2.